The van der Waals surface area contributed by atoms with Crippen molar-refractivity contribution in [3.05, 3.63) is 34.2 Å². The summed E-state index contributed by atoms with van der Waals surface area (Å²) in [5, 5.41) is 3.95. The highest BCUT2D eigenvalue weighted by molar-refractivity contribution is 6.35. The summed E-state index contributed by atoms with van der Waals surface area (Å²) in [5.41, 5.74) is 1.61. The average molecular weight is 367 g/mol. The average Bonchev–Trinajstić information content (AvgIpc) is 3.00. The molecule has 6 nitrogen and oxygen atoms in total. The van der Waals surface area contributed by atoms with Crippen molar-refractivity contribution in [1.82, 2.24) is 15.3 Å². The van der Waals surface area contributed by atoms with E-state index in [2.05, 4.69) is 15.3 Å². The maximum atomic E-state index is 6.39. The number of halogens is 2. The summed E-state index contributed by atoms with van der Waals surface area (Å²) in [6.45, 7) is 1.92. The number of fused-ring (bicyclic) bond motifs is 1. The molecule has 126 valence electrons. The number of aromatic amines is 1. The van der Waals surface area contributed by atoms with Gasteiger partial charge in [0, 0.05) is 37.3 Å². The number of nitrogens with zero attached hydrogens (tertiary/aromatic N) is 2. The molecule has 0 bridgehead atoms. The molecule has 0 amide bonds. The monoisotopic (exact) mass is 366 g/mol. The van der Waals surface area contributed by atoms with Gasteiger partial charge in [0.15, 0.2) is 0 Å². The van der Waals surface area contributed by atoms with E-state index < -0.39 is 0 Å². The van der Waals surface area contributed by atoms with Gasteiger partial charge in [0.25, 0.3) is 0 Å². The van der Waals surface area contributed by atoms with E-state index in [0.717, 1.165) is 42.9 Å². The standard InChI is InChI=1S/C16H16Cl2N4O2/c17-11-5-10(24-14-7-13(18)19-8-20-14)6-12-15(11)22-16(21-12)9-1-3-23-4-2-9/h5-7,9,19H,1-4,8H2,(H,21,22). The molecule has 0 unspecified atom stereocenters. The third-order valence-electron chi connectivity index (χ3n) is 4.10. The van der Waals surface area contributed by atoms with E-state index in [0.29, 0.717) is 34.4 Å². The largest absolute Gasteiger partial charge is 0.439 e. The maximum absolute atomic E-state index is 6.39. The third kappa shape index (κ3) is 3.22. The molecule has 3 heterocycles. The van der Waals surface area contributed by atoms with Crippen molar-refractivity contribution in [1.29, 1.82) is 0 Å². The van der Waals surface area contributed by atoms with Gasteiger partial charge in [-0.3, -0.25) is 0 Å². The predicted octanol–water partition coefficient (Wildman–Crippen LogP) is 3.53. The number of rotatable bonds is 2. The van der Waals surface area contributed by atoms with Gasteiger partial charge in [-0.2, -0.15) is 0 Å². The first-order valence-corrected chi connectivity index (χ1v) is 8.55. The second-order valence-corrected chi connectivity index (χ2v) is 6.55. The summed E-state index contributed by atoms with van der Waals surface area (Å²) in [6.07, 6.45) is 3.56. The zero-order chi connectivity index (χ0) is 16.5. The van der Waals surface area contributed by atoms with E-state index in [4.69, 9.17) is 37.7 Å². The SMILES string of the molecule is ClC1=CC(Oc2cc(Cl)c3[nH]c(C4CCOCC4)nc3c2)=NCN1. The number of ether oxygens (including phenoxy) is 2. The molecule has 2 aliphatic heterocycles. The number of hydrogen-bond donors (Lipinski definition) is 2. The molecule has 1 aromatic carbocycles. The lowest BCUT2D eigenvalue weighted by Gasteiger charge is -2.19. The minimum Gasteiger partial charge on any atom is -0.439 e. The van der Waals surface area contributed by atoms with Gasteiger partial charge in [0.05, 0.1) is 16.1 Å². The van der Waals surface area contributed by atoms with Gasteiger partial charge in [0.1, 0.15) is 23.4 Å². The fourth-order valence-electron chi connectivity index (χ4n) is 2.87. The molecule has 0 atom stereocenters. The molecule has 1 aromatic heterocycles. The van der Waals surface area contributed by atoms with Gasteiger partial charge < -0.3 is 19.8 Å². The van der Waals surface area contributed by atoms with E-state index >= 15 is 0 Å². The smallest absolute Gasteiger partial charge is 0.219 e. The van der Waals surface area contributed by atoms with E-state index in [1.54, 1.807) is 12.1 Å². The number of H-pyrrole nitrogens is 1. The van der Waals surface area contributed by atoms with Crippen molar-refractivity contribution in [3.63, 3.8) is 0 Å². The normalized spacial score (nSPS) is 18.9. The Labute approximate surface area is 148 Å². The highest BCUT2D eigenvalue weighted by atomic mass is 35.5. The highest BCUT2D eigenvalue weighted by Gasteiger charge is 2.20. The Hall–Kier alpha value is -1.76. The van der Waals surface area contributed by atoms with Gasteiger partial charge in [-0.25, -0.2) is 9.98 Å². The quantitative estimate of drug-likeness (QED) is 0.797. The molecule has 24 heavy (non-hydrogen) atoms. The summed E-state index contributed by atoms with van der Waals surface area (Å²) >= 11 is 12.3. The van der Waals surface area contributed by atoms with Gasteiger partial charge >= 0.3 is 0 Å². The lowest BCUT2D eigenvalue weighted by Crippen LogP contribution is -2.20. The van der Waals surface area contributed by atoms with Crippen LogP contribution < -0.4 is 10.1 Å². The van der Waals surface area contributed by atoms with Crippen molar-refractivity contribution >= 4 is 40.1 Å². The van der Waals surface area contributed by atoms with Gasteiger partial charge in [0.2, 0.25) is 5.90 Å². The van der Waals surface area contributed by atoms with Crippen LogP contribution in [-0.4, -0.2) is 35.7 Å². The first kappa shape index (κ1) is 15.7. The van der Waals surface area contributed by atoms with Crippen molar-refractivity contribution < 1.29 is 9.47 Å². The number of nitrogens with one attached hydrogen (secondary N) is 2. The first-order valence-electron chi connectivity index (χ1n) is 7.79. The zero-order valence-corrected chi connectivity index (χ0v) is 14.3. The lowest BCUT2D eigenvalue weighted by atomic mass is 10.00. The van der Waals surface area contributed by atoms with Crippen LogP contribution in [0.3, 0.4) is 0 Å². The third-order valence-corrected chi connectivity index (χ3v) is 4.64. The van der Waals surface area contributed by atoms with Crippen LogP contribution in [-0.2, 0) is 4.74 Å². The number of hydrogen-bond acceptors (Lipinski definition) is 5. The molecule has 2 N–H and O–H groups in total. The Balaban J connectivity index is 1.63. The number of imidazole rings is 1. The van der Waals surface area contributed by atoms with E-state index in [1.165, 1.54) is 0 Å². The predicted molar refractivity (Wildman–Crippen MR) is 93.9 cm³/mol. The minimum absolute atomic E-state index is 0.377. The summed E-state index contributed by atoms with van der Waals surface area (Å²) in [6, 6.07) is 3.61. The molecule has 2 aromatic rings. The second kappa shape index (κ2) is 6.63. The van der Waals surface area contributed by atoms with Crippen LogP contribution in [0, 0.1) is 0 Å². The van der Waals surface area contributed by atoms with Crippen LogP contribution >= 0.6 is 23.2 Å². The van der Waals surface area contributed by atoms with Gasteiger partial charge in [-0.05, 0) is 12.8 Å². The molecule has 0 radical (unpaired) electrons. The second-order valence-electron chi connectivity index (χ2n) is 5.73. The van der Waals surface area contributed by atoms with E-state index in [9.17, 15) is 0 Å². The summed E-state index contributed by atoms with van der Waals surface area (Å²) < 4.78 is 11.2. The van der Waals surface area contributed by atoms with E-state index in [1.807, 2.05) is 6.07 Å². The molecule has 0 spiro atoms. The van der Waals surface area contributed by atoms with E-state index in [-0.39, 0.29) is 0 Å². The minimum atomic E-state index is 0.377. The number of benzene rings is 1. The summed E-state index contributed by atoms with van der Waals surface area (Å²) in [7, 11) is 0. The Morgan fingerprint density at radius 3 is 2.83 bits per heavy atom. The Morgan fingerprint density at radius 1 is 1.21 bits per heavy atom. The molecule has 0 aliphatic carbocycles. The Bertz CT molecular complexity index is 825. The van der Waals surface area contributed by atoms with Gasteiger partial charge in [-0.15, -0.1) is 0 Å². The first-order chi connectivity index (χ1) is 11.7. The molecular weight excluding hydrogens is 351 g/mol. The summed E-state index contributed by atoms with van der Waals surface area (Å²) in [5.74, 6) is 2.35. The highest BCUT2D eigenvalue weighted by Crippen LogP contribution is 2.32. The van der Waals surface area contributed by atoms with Crippen LogP contribution in [0.5, 0.6) is 5.75 Å². The van der Waals surface area contributed by atoms with Crippen molar-refractivity contribution in [3.8, 4) is 5.75 Å². The zero-order valence-electron chi connectivity index (χ0n) is 12.8. The fraction of sp³-hybridized carbons (Fsp3) is 0.375. The van der Waals surface area contributed by atoms with Crippen molar-refractivity contribution in [2.24, 2.45) is 4.99 Å². The fourth-order valence-corrected chi connectivity index (χ4v) is 3.27. The topological polar surface area (TPSA) is 71.5 Å². The molecule has 4 rings (SSSR count). The summed E-state index contributed by atoms with van der Waals surface area (Å²) in [4.78, 5) is 12.2. The molecule has 8 heteroatoms. The van der Waals surface area contributed by atoms with Gasteiger partial charge in [-0.1, -0.05) is 23.2 Å². The molecule has 1 fully saturated rings. The van der Waals surface area contributed by atoms with Crippen LogP contribution in [0.1, 0.15) is 24.6 Å². The number of aliphatic imine (C=N–C) groups is 1. The lowest BCUT2D eigenvalue weighted by molar-refractivity contribution is 0.0838. The van der Waals surface area contributed by atoms with Crippen molar-refractivity contribution in [2.45, 2.75) is 18.8 Å². The van der Waals surface area contributed by atoms with Crippen LogP contribution in [0.15, 0.2) is 28.4 Å². The molecule has 1 saturated heterocycles. The molecule has 2 aliphatic rings. The van der Waals surface area contributed by atoms with Crippen LogP contribution in [0.2, 0.25) is 5.02 Å². The van der Waals surface area contributed by atoms with Crippen LogP contribution in [0.4, 0.5) is 0 Å². The van der Waals surface area contributed by atoms with Crippen LogP contribution in [0.25, 0.3) is 11.0 Å². The Morgan fingerprint density at radius 2 is 2.04 bits per heavy atom. The number of aromatic nitrogens is 2. The molecule has 0 saturated carbocycles. The Kier molecular flexibility index (Phi) is 4.35. The molecular formula is C16H16Cl2N4O2. The maximum Gasteiger partial charge on any atom is 0.219 e. The van der Waals surface area contributed by atoms with Crippen molar-refractivity contribution in [2.75, 3.05) is 19.9 Å².